The first-order valence-corrected chi connectivity index (χ1v) is 7.87. The highest BCUT2D eigenvalue weighted by molar-refractivity contribution is 5.90. The van der Waals surface area contributed by atoms with Crippen molar-refractivity contribution in [3.63, 3.8) is 0 Å². The molecule has 0 unspecified atom stereocenters. The number of aryl methyl sites for hydroxylation is 2. The zero-order valence-corrected chi connectivity index (χ0v) is 13.9. The molecule has 0 saturated heterocycles. The van der Waals surface area contributed by atoms with E-state index in [2.05, 4.69) is 16.0 Å². The van der Waals surface area contributed by atoms with Crippen LogP contribution in [0.15, 0.2) is 36.4 Å². The molecule has 0 aliphatic carbocycles. The van der Waals surface area contributed by atoms with E-state index in [-0.39, 0.29) is 5.69 Å². The van der Waals surface area contributed by atoms with Gasteiger partial charge in [0.2, 0.25) is 0 Å². The number of H-pyrrole nitrogens is 1. The molecule has 0 atom stereocenters. The summed E-state index contributed by atoms with van der Waals surface area (Å²) >= 11 is 0. The molecule has 3 aromatic rings. The maximum atomic E-state index is 11.2. The van der Waals surface area contributed by atoms with Crippen LogP contribution in [0.3, 0.4) is 0 Å². The summed E-state index contributed by atoms with van der Waals surface area (Å²) in [6.45, 7) is 3.85. The molecule has 0 aliphatic heterocycles. The quantitative estimate of drug-likeness (QED) is 0.435. The Balaban J connectivity index is 2.06. The van der Waals surface area contributed by atoms with Crippen molar-refractivity contribution in [2.24, 2.45) is 0 Å². The highest BCUT2D eigenvalue weighted by Crippen LogP contribution is 2.24. The van der Waals surface area contributed by atoms with Gasteiger partial charge in [-0.1, -0.05) is 25.1 Å². The number of aromatic amines is 1. The van der Waals surface area contributed by atoms with E-state index < -0.39 is 4.92 Å². The van der Waals surface area contributed by atoms with Gasteiger partial charge >= 0.3 is 0 Å². The minimum atomic E-state index is -0.397. The molecule has 0 fully saturated rings. The summed E-state index contributed by atoms with van der Waals surface area (Å²) in [6.07, 6.45) is 2.19. The van der Waals surface area contributed by atoms with Crippen LogP contribution in [-0.2, 0) is 6.42 Å². The Morgan fingerprint density at radius 2 is 2.16 bits per heavy atom. The van der Waals surface area contributed by atoms with Crippen LogP contribution >= 0.6 is 0 Å². The molecule has 124 valence electrons. The first-order valence-electron chi connectivity index (χ1n) is 7.87. The van der Waals surface area contributed by atoms with Crippen molar-refractivity contribution in [3.05, 3.63) is 69.0 Å². The zero-order chi connectivity index (χ0) is 18.0. The summed E-state index contributed by atoms with van der Waals surface area (Å²) in [4.78, 5) is 18.4. The Morgan fingerprint density at radius 1 is 1.36 bits per heavy atom. The predicted octanol–water partition coefficient (Wildman–Crippen LogP) is 4.41. The molecular weight excluding hydrogens is 316 g/mol. The van der Waals surface area contributed by atoms with Crippen LogP contribution in [0, 0.1) is 28.4 Å². The monoisotopic (exact) mass is 332 g/mol. The highest BCUT2D eigenvalue weighted by atomic mass is 16.6. The molecule has 6 nitrogen and oxygen atoms in total. The second-order valence-electron chi connectivity index (χ2n) is 5.77. The number of benzene rings is 2. The Bertz CT molecular complexity index is 1040. The van der Waals surface area contributed by atoms with Crippen molar-refractivity contribution in [2.45, 2.75) is 20.3 Å². The third-order valence-electron chi connectivity index (χ3n) is 4.01. The molecule has 1 heterocycles. The largest absolute Gasteiger partial charge is 0.337 e. The Hall–Kier alpha value is -3.46. The van der Waals surface area contributed by atoms with Gasteiger partial charge in [0.15, 0.2) is 0 Å². The summed E-state index contributed by atoms with van der Waals surface area (Å²) in [5, 5.41) is 20.7. The third kappa shape index (κ3) is 3.26. The fraction of sp³-hybridized carbons (Fsp3) is 0.158. The lowest BCUT2D eigenvalue weighted by Gasteiger charge is -2.01. The number of imidazole rings is 1. The number of rotatable bonds is 4. The summed E-state index contributed by atoms with van der Waals surface area (Å²) in [7, 11) is 0. The lowest BCUT2D eigenvalue weighted by Crippen LogP contribution is -1.95. The Morgan fingerprint density at radius 3 is 2.84 bits per heavy atom. The summed E-state index contributed by atoms with van der Waals surface area (Å²) < 4.78 is 0. The fourth-order valence-corrected chi connectivity index (χ4v) is 2.71. The number of fused-ring (bicyclic) bond motifs is 1. The van der Waals surface area contributed by atoms with Gasteiger partial charge in [0.05, 0.1) is 21.5 Å². The average molecular weight is 332 g/mol. The number of aromatic nitrogens is 2. The van der Waals surface area contributed by atoms with Gasteiger partial charge in [-0.3, -0.25) is 10.1 Å². The molecule has 6 heteroatoms. The smallest absolute Gasteiger partial charge is 0.273 e. The van der Waals surface area contributed by atoms with Crippen molar-refractivity contribution in [2.75, 3.05) is 0 Å². The molecule has 3 rings (SSSR count). The molecule has 25 heavy (non-hydrogen) atoms. The van der Waals surface area contributed by atoms with E-state index in [1.54, 1.807) is 18.2 Å². The van der Waals surface area contributed by atoms with E-state index in [1.165, 1.54) is 6.07 Å². The molecule has 0 aliphatic rings. The number of allylic oxidation sites excluding steroid dienone is 1. The minimum absolute atomic E-state index is 0.0637. The van der Waals surface area contributed by atoms with Crippen LogP contribution < -0.4 is 0 Å². The van der Waals surface area contributed by atoms with Crippen LogP contribution in [0.4, 0.5) is 5.69 Å². The van der Waals surface area contributed by atoms with Crippen molar-refractivity contribution < 1.29 is 4.92 Å². The molecule has 0 amide bonds. The van der Waals surface area contributed by atoms with Crippen LogP contribution in [0.25, 0.3) is 22.7 Å². The number of hydrogen-bond acceptors (Lipinski definition) is 4. The SMILES string of the molecule is CCc1ccc(C=C(C#N)c2nc3ccc(C)cc3[nH]2)cc1[N+](=O)[O-]. The van der Waals surface area contributed by atoms with Crippen molar-refractivity contribution in [1.82, 2.24) is 9.97 Å². The average Bonchev–Trinajstić information content (AvgIpc) is 3.02. The normalized spacial score (nSPS) is 11.5. The number of nitro groups is 1. The van der Waals surface area contributed by atoms with Crippen LogP contribution in [0.2, 0.25) is 0 Å². The Kier molecular flexibility index (Phi) is 4.31. The summed E-state index contributed by atoms with van der Waals surface area (Å²) in [5.74, 6) is 0.449. The molecular formula is C19H16N4O2. The van der Waals surface area contributed by atoms with Crippen LogP contribution in [0.5, 0.6) is 0 Å². The second kappa shape index (κ2) is 6.57. The van der Waals surface area contributed by atoms with Crippen LogP contribution in [-0.4, -0.2) is 14.9 Å². The number of nitrogens with zero attached hydrogens (tertiary/aromatic N) is 3. The third-order valence-corrected chi connectivity index (χ3v) is 4.01. The Labute approximate surface area is 144 Å². The first-order chi connectivity index (χ1) is 12.0. The lowest BCUT2D eigenvalue weighted by molar-refractivity contribution is -0.385. The molecule has 1 aromatic heterocycles. The molecule has 2 aromatic carbocycles. The minimum Gasteiger partial charge on any atom is -0.337 e. The maximum Gasteiger partial charge on any atom is 0.273 e. The standard InChI is InChI=1S/C19H16N4O2/c1-3-14-6-5-13(10-18(14)23(24)25)9-15(11-20)19-21-16-7-4-12(2)8-17(16)22-19/h4-10H,3H2,1-2H3,(H,21,22). The van der Waals surface area contributed by atoms with Gasteiger partial charge in [-0.05, 0) is 42.7 Å². The van der Waals surface area contributed by atoms with Crippen molar-refractivity contribution >= 4 is 28.4 Å². The molecule has 0 saturated carbocycles. The summed E-state index contributed by atoms with van der Waals surface area (Å²) in [5.41, 5.74) is 4.37. The van der Waals surface area contributed by atoms with E-state index >= 15 is 0 Å². The van der Waals surface area contributed by atoms with E-state index in [1.807, 2.05) is 32.0 Å². The molecule has 0 spiro atoms. The van der Waals surface area contributed by atoms with Gasteiger partial charge < -0.3 is 4.98 Å². The summed E-state index contributed by atoms with van der Waals surface area (Å²) in [6, 6.07) is 12.9. The highest BCUT2D eigenvalue weighted by Gasteiger charge is 2.14. The number of nitriles is 1. The van der Waals surface area contributed by atoms with Gasteiger partial charge in [0.25, 0.3) is 5.69 Å². The van der Waals surface area contributed by atoms with Gasteiger partial charge in [0.1, 0.15) is 11.9 Å². The maximum absolute atomic E-state index is 11.2. The van der Waals surface area contributed by atoms with Gasteiger partial charge in [-0.15, -0.1) is 0 Å². The molecule has 0 radical (unpaired) electrons. The number of hydrogen-bond donors (Lipinski definition) is 1. The molecule has 0 bridgehead atoms. The van der Waals surface area contributed by atoms with E-state index in [0.717, 1.165) is 16.6 Å². The fourth-order valence-electron chi connectivity index (χ4n) is 2.71. The second-order valence-corrected chi connectivity index (χ2v) is 5.77. The van der Waals surface area contributed by atoms with E-state index in [4.69, 9.17) is 0 Å². The number of nitro benzene ring substituents is 1. The number of nitrogens with one attached hydrogen (secondary N) is 1. The zero-order valence-electron chi connectivity index (χ0n) is 13.9. The topological polar surface area (TPSA) is 95.6 Å². The lowest BCUT2D eigenvalue weighted by atomic mass is 10.0. The van der Waals surface area contributed by atoms with E-state index in [0.29, 0.717) is 28.9 Å². The van der Waals surface area contributed by atoms with Gasteiger partial charge in [-0.25, -0.2) is 4.98 Å². The van der Waals surface area contributed by atoms with Gasteiger partial charge in [-0.2, -0.15) is 5.26 Å². The van der Waals surface area contributed by atoms with Crippen LogP contribution in [0.1, 0.15) is 29.4 Å². The van der Waals surface area contributed by atoms with Crippen molar-refractivity contribution in [1.29, 1.82) is 5.26 Å². The van der Waals surface area contributed by atoms with Gasteiger partial charge in [0, 0.05) is 11.6 Å². The predicted molar refractivity (Wildman–Crippen MR) is 96.8 cm³/mol. The van der Waals surface area contributed by atoms with E-state index in [9.17, 15) is 15.4 Å². The first kappa shape index (κ1) is 16.4. The molecule has 1 N–H and O–H groups in total. The van der Waals surface area contributed by atoms with Crippen molar-refractivity contribution in [3.8, 4) is 6.07 Å².